The van der Waals surface area contributed by atoms with Crippen molar-refractivity contribution in [2.75, 3.05) is 19.0 Å². The number of hydrogen-bond donors (Lipinski definition) is 2. The Labute approximate surface area is 143 Å². The maximum atomic E-state index is 10.9. The molecule has 21 heavy (non-hydrogen) atoms. The fourth-order valence-corrected chi connectivity index (χ4v) is 2.27. The van der Waals surface area contributed by atoms with Gasteiger partial charge in [0.1, 0.15) is 0 Å². The van der Waals surface area contributed by atoms with Crippen molar-refractivity contribution in [3.05, 3.63) is 27.7 Å². The third kappa shape index (κ3) is 7.64. The lowest BCUT2D eigenvalue weighted by molar-refractivity contribution is -0.140. The van der Waals surface area contributed by atoms with Gasteiger partial charge in [-0.15, -0.1) is 0 Å². The summed E-state index contributed by atoms with van der Waals surface area (Å²) >= 11 is 14.5. The number of halogens is 2. The van der Waals surface area contributed by atoms with Crippen LogP contribution in [0.1, 0.15) is 25.7 Å². The van der Waals surface area contributed by atoms with E-state index in [0.717, 1.165) is 36.0 Å². The minimum Gasteiger partial charge on any atom is -0.469 e. The highest BCUT2D eigenvalue weighted by Crippen LogP contribution is 2.25. The molecule has 0 aromatic heterocycles. The molecule has 116 valence electrons. The second-order valence-electron chi connectivity index (χ2n) is 4.40. The van der Waals surface area contributed by atoms with Gasteiger partial charge in [0.05, 0.1) is 12.1 Å². The normalized spacial score (nSPS) is 10.0. The fraction of sp³-hybridized carbons (Fsp3) is 0.429. The largest absolute Gasteiger partial charge is 0.469 e. The molecule has 1 rings (SSSR count). The van der Waals surface area contributed by atoms with Crippen molar-refractivity contribution in [1.29, 1.82) is 0 Å². The summed E-state index contributed by atoms with van der Waals surface area (Å²) in [6, 6.07) is 5.55. The Bertz CT molecular complexity index is 500. The van der Waals surface area contributed by atoms with Gasteiger partial charge in [0.15, 0.2) is 5.11 Å². The Balaban J connectivity index is 2.16. The number of methoxy groups -OCH3 is 1. The van der Waals surface area contributed by atoms with Crippen molar-refractivity contribution in [1.82, 2.24) is 5.32 Å². The lowest BCUT2D eigenvalue weighted by Crippen LogP contribution is -2.29. The van der Waals surface area contributed by atoms with Crippen LogP contribution in [-0.2, 0) is 9.53 Å². The van der Waals surface area contributed by atoms with E-state index in [2.05, 4.69) is 31.3 Å². The van der Waals surface area contributed by atoms with Gasteiger partial charge in [-0.1, -0.05) is 18.0 Å². The first-order chi connectivity index (χ1) is 10.0. The van der Waals surface area contributed by atoms with E-state index in [4.69, 9.17) is 23.8 Å². The number of esters is 1. The molecule has 0 fully saturated rings. The van der Waals surface area contributed by atoms with Crippen molar-refractivity contribution in [3.63, 3.8) is 0 Å². The molecule has 0 amide bonds. The summed E-state index contributed by atoms with van der Waals surface area (Å²) in [7, 11) is 1.41. The molecule has 7 heteroatoms. The number of ether oxygens (including phenoxy) is 1. The van der Waals surface area contributed by atoms with Gasteiger partial charge < -0.3 is 15.4 Å². The molecule has 0 saturated heterocycles. The van der Waals surface area contributed by atoms with E-state index < -0.39 is 0 Å². The van der Waals surface area contributed by atoms with E-state index in [1.807, 2.05) is 12.1 Å². The van der Waals surface area contributed by atoms with Crippen molar-refractivity contribution in [3.8, 4) is 0 Å². The van der Waals surface area contributed by atoms with Crippen LogP contribution in [0.3, 0.4) is 0 Å². The molecule has 0 saturated carbocycles. The van der Waals surface area contributed by atoms with Crippen LogP contribution in [0.4, 0.5) is 5.69 Å². The Morgan fingerprint density at radius 1 is 1.38 bits per heavy atom. The quantitative estimate of drug-likeness (QED) is 0.414. The average Bonchev–Trinajstić information content (AvgIpc) is 2.46. The molecule has 0 radical (unpaired) electrons. The lowest BCUT2D eigenvalue weighted by Gasteiger charge is -2.11. The molecular weight excluding hydrogens is 376 g/mol. The summed E-state index contributed by atoms with van der Waals surface area (Å²) in [6.07, 6.45) is 3.20. The molecule has 0 aliphatic heterocycles. The first-order valence-corrected chi connectivity index (χ1v) is 8.17. The van der Waals surface area contributed by atoms with Crippen LogP contribution in [0, 0.1) is 0 Å². The lowest BCUT2D eigenvalue weighted by atomic mass is 10.2. The predicted octanol–water partition coefficient (Wildman–Crippen LogP) is 4.12. The zero-order valence-corrected chi connectivity index (χ0v) is 14.9. The minimum atomic E-state index is -0.160. The standard InChI is InChI=1S/C14H18BrClN2O2S/c1-20-13(19)5-3-2-4-8-17-14(21)18-10-6-7-11(15)12(16)9-10/h6-7,9H,2-5,8H2,1H3,(H2,17,18,21). The molecule has 1 aromatic carbocycles. The van der Waals surface area contributed by atoms with Gasteiger partial charge in [-0.2, -0.15) is 0 Å². The van der Waals surface area contributed by atoms with Gasteiger partial charge in [-0.05, 0) is 59.2 Å². The maximum absolute atomic E-state index is 10.9. The fourth-order valence-electron chi connectivity index (χ4n) is 1.62. The van der Waals surface area contributed by atoms with Crippen molar-refractivity contribution in [2.45, 2.75) is 25.7 Å². The topological polar surface area (TPSA) is 50.4 Å². The number of rotatable bonds is 7. The Morgan fingerprint density at radius 2 is 2.14 bits per heavy atom. The van der Waals surface area contributed by atoms with E-state index in [0.29, 0.717) is 16.6 Å². The molecule has 1 aromatic rings. The number of carbonyl (C=O) groups is 1. The molecule has 0 heterocycles. The zero-order chi connectivity index (χ0) is 15.7. The molecular formula is C14H18BrClN2O2S. The summed E-state index contributed by atoms with van der Waals surface area (Å²) in [5.41, 5.74) is 0.839. The van der Waals surface area contributed by atoms with Gasteiger partial charge in [-0.25, -0.2) is 0 Å². The number of hydrogen-bond acceptors (Lipinski definition) is 3. The Hall–Kier alpha value is -0.850. The van der Waals surface area contributed by atoms with Gasteiger partial charge in [-0.3, -0.25) is 4.79 Å². The van der Waals surface area contributed by atoms with Crippen LogP contribution in [0.15, 0.2) is 22.7 Å². The van der Waals surface area contributed by atoms with Crippen molar-refractivity contribution >= 4 is 56.5 Å². The van der Waals surface area contributed by atoms with Crippen LogP contribution in [0.25, 0.3) is 0 Å². The van der Waals surface area contributed by atoms with Gasteiger partial charge in [0.2, 0.25) is 0 Å². The Kier molecular flexibility index (Phi) is 8.64. The number of unbranched alkanes of at least 4 members (excludes halogenated alkanes) is 2. The van der Waals surface area contributed by atoms with Crippen molar-refractivity contribution < 1.29 is 9.53 Å². The Morgan fingerprint density at radius 3 is 2.81 bits per heavy atom. The number of thiocarbonyl (C=S) groups is 1. The SMILES string of the molecule is COC(=O)CCCCCNC(=S)Nc1ccc(Br)c(Cl)c1. The highest BCUT2D eigenvalue weighted by molar-refractivity contribution is 9.10. The first kappa shape index (κ1) is 18.2. The van der Waals surface area contributed by atoms with E-state index in [-0.39, 0.29) is 5.97 Å². The van der Waals surface area contributed by atoms with E-state index in [9.17, 15) is 4.79 Å². The molecule has 0 spiro atoms. The molecule has 0 aliphatic carbocycles. The average molecular weight is 394 g/mol. The van der Waals surface area contributed by atoms with E-state index in [1.54, 1.807) is 6.07 Å². The highest BCUT2D eigenvalue weighted by Gasteiger charge is 2.02. The summed E-state index contributed by atoms with van der Waals surface area (Å²) in [6.45, 7) is 0.761. The summed E-state index contributed by atoms with van der Waals surface area (Å²) in [4.78, 5) is 10.9. The molecule has 0 atom stereocenters. The van der Waals surface area contributed by atoms with Gasteiger partial charge in [0, 0.05) is 23.1 Å². The maximum Gasteiger partial charge on any atom is 0.305 e. The van der Waals surface area contributed by atoms with E-state index in [1.165, 1.54) is 7.11 Å². The predicted molar refractivity (Wildman–Crippen MR) is 93.9 cm³/mol. The van der Waals surface area contributed by atoms with Crippen LogP contribution < -0.4 is 10.6 Å². The number of carbonyl (C=O) groups excluding carboxylic acids is 1. The number of nitrogens with one attached hydrogen (secondary N) is 2. The molecule has 4 nitrogen and oxygen atoms in total. The summed E-state index contributed by atoms with van der Waals surface area (Å²) in [5.74, 6) is -0.160. The molecule has 0 bridgehead atoms. The third-order valence-electron chi connectivity index (χ3n) is 2.75. The monoisotopic (exact) mass is 392 g/mol. The second-order valence-corrected chi connectivity index (χ2v) is 6.07. The number of anilines is 1. The van der Waals surface area contributed by atoms with Gasteiger partial charge >= 0.3 is 5.97 Å². The second kappa shape index (κ2) is 9.97. The first-order valence-electron chi connectivity index (χ1n) is 6.59. The van der Waals surface area contributed by atoms with Crippen LogP contribution in [-0.4, -0.2) is 24.7 Å². The summed E-state index contributed by atoms with van der Waals surface area (Å²) < 4.78 is 5.43. The van der Waals surface area contributed by atoms with Crippen LogP contribution in [0.2, 0.25) is 5.02 Å². The third-order valence-corrected chi connectivity index (χ3v) is 4.23. The smallest absolute Gasteiger partial charge is 0.305 e. The van der Waals surface area contributed by atoms with Crippen molar-refractivity contribution in [2.24, 2.45) is 0 Å². The van der Waals surface area contributed by atoms with Crippen LogP contribution in [0.5, 0.6) is 0 Å². The highest BCUT2D eigenvalue weighted by atomic mass is 79.9. The van der Waals surface area contributed by atoms with Crippen LogP contribution >= 0.6 is 39.7 Å². The molecule has 0 aliphatic rings. The minimum absolute atomic E-state index is 0.160. The number of benzene rings is 1. The molecule has 2 N–H and O–H groups in total. The summed E-state index contributed by atoms with van der Waals surface area (Å²) in [5, 5.41) is 7.37. The zero-order valence-electron chi connectivity index (χ0n) is 11.7. The van der Waals surface area contributed by atoms with Gasteiger partial charge in [0.25, 0.3) is 0 Å². The molecule has 0 unspecified atom stereocenters. The van der Waals surface area contributed by atoms with E-state index >= 15 is 0 Å².